The summed E-state index contributed by atoms with van der Waals surface area (Å²) in [5.41, 5.74) is 19.3. The van der Waals surface area contributed by atoms with Crippen LogP contribution in [0.3, 0.4) is 0 Å². The quantitative estimate of drug-likeness (QED) is 0.375. The number of amides is 4. The van der Waals surface area contributed by atoms with Crippen molar-refractivity contribution >= 4 is 23.6 Å². The molecule has 0 aromatic heterocycles. The highest BCUT2D eigenvalue weighted by Crippen LogP contribution is 2.42. The lowest BCUT2D eigenvalue weighted by molar-refractivity contribution is -0.130. The maximum absolute atomic E-state index is 13.3. The Bertz CT molecular complexity index is 1250. The van der Waals surface area contributed by atoms with Gasteiger partial charge in [0.15, 0.2) is 0 Å². The summed E-state index contributed by atoms with van der Waals surface area (Å²) in [6.07, 6.45) is 2.68. The number of rotatable bonds is 8. The zero-order chi connectivity index (χ0) is 26.7. The van der Waals surface area contributed by atoms with Gasteiger partial charge in [0.1, 0.15) is 11.5 Å². The Hall–Kier alpha value is -4.23. The molecule has 4 amide bonds. The van der Waals surface area contributed by atoms with Crippen LogP contribution in [0.5, 0.6) is 0 Å². The summed E-state index contributed by atoms with van der Waals surface area (Å²) in [6, 6.07) is 11.7. The van der Waals surface area contributed by atoms with Gasteiger partial charge < -0.3 is 27.4 Å². The van der Waals surface area contributed by atoms with Crippen molar-refractivity contribution in [2.24, 2.45) is 17.2 Å². The van der Waals surface area contributed by atoms with Gasteiger partial charge in [-0.3, -0.25) is 19.2 Å². The average Bonchev–Trinajstić information content (AvgIpc) is 3.31. The highest BCUT2D eigenvalue weighted by atomic mass is 16.2. The number of nitrogens with one attached hydrogen (secondary N) is 1. The van der Waals surface area contributed by atoms with Crippen molar-refractivity contribution in [3.05, 3.63) is 69.8 Å². The SMILES string of the molecule is N#CC1CCCN1C(=O)CNCCC1(C(N)=O)c2ccc(C(N)=O)cc2CCc2cc(C(N)=O)ccc21. The predicted octanol–water partition coefficient (Wildman–Crippen LogP) is 0.249. The molecule has 192 valence electrons. The Morgan fingerprint density at radius 2 is 1.54 bits per heavy atom. The summed E-state index contributed by atoms with van der Waals surface area (Å²) in [6.45, 7) is 0.844. The van der Waals surface area contributed by atoms with Crippen LogP contribution in [0.1, 0.15) is 62.2 Å². The van der Waals surface area contributed by atoms with Crippen LogP contribution in [0.25, 0.3) is 0 Å². The fourth-order valence-corrected chi connectivity index (χ4v) is 5.58. The third kappa shape index (κ3) is 4.78. The van der Waals surface area contributed by atoms with Gasteiger partial charge in [0, 0.05) is 17.7 Å². The minimum Gasteiger partial charge on any atom is -0.369 e. The van der Waals surface area contributed by atoms with Crippen molar-refractivity contribution in [3.63, 3.8) is 0 Å². The van der Waals surface area contributed by atoms with E-state index < -0.39 is 29.2 Å². The van der Waals surface area contributed by atoms with Crippen LogP contribution < -0.4 is 22.5 Å². The topological polar surface area (TPSA) is 185 Å². The Labute approximate surface area is 214 Å². The molecule has 1 saturated heterocycles. The number of nitrogens with two attached hydrogens (primary N) is 3. The van der Waals surface area contributed by atoms with E-state index in [9.17, 15) is 24.4 Å². The highest BCUT2D eigenvalue weighted by Gasteiger charge is 2.44. The Balaban J connectivity index is 1.69. The van der Waals surface area contributed by atoms with Gasteiger partial charge in [-0.15, -0.1) is 0 Å². The van der Waals surface area contributed by atoms with Crippen molar-refractivity contribution in [3.8, 4) is 6.07 Å². The second-order valence-electron chi connectivity index (χ2n) is 9.54. The minimum atomic E-state index is -1.29. The van der Waals surface area contributed by atoms with Crippen LogP contribution in [0.15, 0.2) is 36.4 Å². The first-order valence-electron chi connectivity index (χ1n) is 12.2. The number of likely N-dealkylation sites (tertiary alicyclic amines) is 1. The number of carbonyl (C=O) groups is 4. The molecule has 0 saturated carbocycles. The molecule has 10 nitrogen and oxygen atoms in total. The van der Waals surface area contributed by atoms with E-state index in [4.69, 9.17) is 17.2 Å². The van der Waals surface area contributed by atoms with E-state index in [1.165, 1.54) is 0 Å². The molecule has 0 bridgehead atoms. The molecular weight excluding hydrogens is 472 g/mol. The predicted molar refractivity (Wildman–Crippen MR) is 135 cm³/mol. The Morgan fingerprint density at radius 3 is 2.03 bits per heavy atom. The Morgan fingerprint density at radius 1 is 0.973 bits per heavy atom. The molecule has 7 N–H and O–H groups in total. The molecule has 37 heavy (non-hydrogen) atoms. The van der Waals surface area contributed by atoms with Gasteiger partial charge in [-0.05, 0) is 85.2 Å². The molecule has 1 fully saturated rings. The number of benzene rings is 2. The van der Waals surface area contributed by atoms with Crippen LogP contribution in [-0.2, 0) is 27.8 Å². The largest absolute Gasteiger partial charge is 0.369 e. The van der Waals surface area contributed by atoms with Crippen LogP contribution in [0.2, 0.25) is 0 Å². The maximum Gasteiger partial charge on any atom is 0.248 e. The van der Waals surface area contributed by atoms with Crippen molar-refractivity contribution in [2.75, 3.05) is 19.6 Å². The third-order valence-electron chi connectivity index (χ3n) is 7.46. The van der Waals surface area contributed by atoms with Gasteiger partial charge in [0.25, 0.3) is 0 Å². The molecule has 2 aromatic rings. The number of nitriles is 1. The molecule has 10 heteroatoms. The maximum atomic E-state index is 13.3. The second kappa shape index (κ2) is 10.4. The van der Waals surface area contributed by atoms with Crippen LogP contribution >= 0.6 is 0 Å². The molecule has 2 aliphatic rings. The molecule has 1 heterocycles. The van der Waals surface area contributed by atoms with Crippen molar-refractivity contribution in [1.29, 1.82) is 5.26 Å². The monoisotopic (exact) mass is 502 g/mol. The number of hydrogen-bond acceptors (Lipinski definition) is 6. The van der Waals surface area contributed by atoms with E-state index in [0.29, 0.717) is 48.1 Å². The van der Waals surface area contributed by atoms with Crippen molar-refractivity contribution < 1.29 is 19.2 Å². The van der Waals surface area contributed by atoms with Crippen LogP contribution in [0.4, 0.5) is 0 Å². The number of aryl methyl sites for hydroxylation is 2. The fourth-order valence-electron chi connectivity index (χ4n) is 5.58. The zero-order valence-electron chi connectivity index (χ0n) is 20.5. The first-order chi connectivity index (χ1) is 17.7. The molecule has 1 aliphatic heterocycles. The molecule has 1 unspecified atom stereocenters. The first kappa shape index (κ1) is 25.9. The lowest BCUT2D eigenvalue weighted by atomic mass is 9.69. The van der Waals surface area contributed by atoms with Gasteiger partial charge in [-0.2, -0.15) is 5.26 Å². The number of nitrogens with zero attached hydrogens (tertiary/aromatic N) is 2. The standard InChI is InChI=1S/C27H30N6O4/c28-14-20-2-1-11-33(20)23(34)15-32-10-9-27(26(31)37)21-7-5-18(24(29)35)12-16(21)3-4-17-13-19(25(30)36)6-8-22(17)27/h5-8,12-13,20,32H,1-4,9-11,15H2,(H2,29,35)(H2,30,36)(H2,31,37). The molecule has 0 spiro atoms. The molecule has 0 radical (unpaired) electrons. The lowest BCUT2D eigenvalue weighted by Gasteiger charge is -2.34. The summed E-state index contributed by atoms with van der Waals surface area (Å²) in [5.74, 6) is -1.92. The van der Waals surface area contributed by atoms with Crippen LogP contribution in [-0.4, -0.2) is 54.2 Å². The van der Waals surface area contributed by atoms with Gasteiger partial charge in [0.2, 0.25) is 23.6 Å². The first-order valence-corrected chi connectivity index (χ1v) is 12.2. The number of hydrogen-bond donors (Lipinski definition) is 4. The third-order valence-corrected chi connectivity index (χ3v) is 7.46. The molecule has 1 atom stereocenters. The summed E-state index contributed by atoms with van der Waals surface area (Å²) >= 11 is 0. The Kier molecular flexibility index (Phi) is 7.27. The normalized spacial score (nSPS) is 17.7. The van der Waals surface area contributed by atoms with Gasteiger partial charge in [0.05, 0.1) is 12.6 Å². The smallest absolute Gasteiger partial charge is 0.248 e. The second-order valence-corrected chi connectivity index (χ2v) is 9.54. The van der Waals surface area contributed by atoms with E-state index >= 15 is 0 Å². The van der Waals surface area contributed by atoms with E-state index in [0.717, 1.165) is 17.5 Å². The lowest BCUT2D eigenvalue weighted by Crippen LogP contribution is -2.46. The van der Waals surface area contributed by atoms with Crippen molar-refractivity contribution in [2.45, 2.75) is 43.6 Å². The molecule has 4 rings (SSSR count). The zero-order valence-corrected chi connectivity index (χ0v) is 20.5. The van der Waals surface area contributed by atoms with E-state index in [-0.39, 0.29) is 25.4 Å². The number of primary amides is 3. The summed E-state index contributed by atoms with van der Waals surface area (Å²) < 4.78 is 0. The molecule has 1 aliphatic carbocycles. The van der Waals surface area contributed by atoms with E-state index in [2.05, 4.69) is 11.4 Å². The summed E-state index contributed by atoms with van der Waals surface area (Å²) in [4.78, 5) is 51.2. The summed E-state index contributed by atoms with van der Waals surface area (Å²) in [7, 11) is 0. The van der Waals surface area contributed by atoms with Crippen LogP contribution in [0, 0.1) is 11.3 Å². The van der Waals surface area contributed by atoms with E-state index in [1.54, 1.807) is 41.3 Å². The van der Waals surface area contributed by atoms with Gasteiger partial charge in [-0.1, -0.05) is 12.1 Å². The minimum absolute atomic E-state index is 0.0218. The molecular formula is C27H30N6O4. The van der Waals surface area contributed by atoms with Gasteiger partial charge in [-0.25, -0.2) is 0 Å². The summed E-state index contributed by atoms with van der Waals surface area (Å²) in [5, 5.41) is 12.4. The molecule has 2 aromatic carbocycles. The van der Waals surface area contributed by atoms with Gasteiger partial charge >= 0.3 is 0 Å². The van der Waals surface area contributed by atoms with Crippen molar-refractivity contribution in [1.82, 2.24) is 10.2 Å². The highest BCUT2D eigenvalue weighted by molar-refractivity contribution is 5.96. The number of carbonyl (C=O) groups excluding carboxylic acids is 4. The van der Waals surface area contributed by atoms with E-state index in [1.807, 2.05) is 0 Å². The number of fused-ring (bicyclic) bond motifs is 2. The average molecular weight is 503 g/mol. The fraction of sp³-hybridized carbons (Fsp3) is 0.370.